The maximum atomic E-state index is 12.8. The Bertz CT molecular complexity index is 1030. The number of methoxy groups -OCH3 is 1. The molecule has 0 radical (unpaired) electrons. The third-order valence-corrected chi connectivity index (χ3v) is 4.89. The lowest BCUT2D eigenvalue weighted by Gasteiger charge is -2.28. The van der Waals surface area contributed by atoms with Gasteiger partial charge in [-0.05, 0) is 49.7 Å². The molecule has 1 atom stereocenters. The normalized spacial score (nSPS) is 12.1. The van der Waals surface area contributed by atoms with Crippen molar-refractivity contribution in [1.29, 1.82) is 0 Å². The van der Waals surface area contributed by atoms with Crippen molar-refractivity contribution >= 4 is 22.6 Å². The van der Waals surface area contributed by atoms with Gasteiger partial charge in [0, 0.05) is 29.8 Å². The summed E-state index contributed by atoms with van der Waals surface area (Å²) in [5.74, 6) is 0.539. The van der Waals surface area contributed by atoms with E-state index in [2.05, 4.69) is 17.1 Å². The first-order valence-electron chi connectivity index (χ1n) is 9.72. The van der Waals surface area contributed by atoms with Gasteiger partial charge in [-0.3, -0.25) is 9.69 Å². The fraction of sp³-hybridized carbons (Fsp3) is 0.304. The number of ether oxygens (including phenoxy) is 1. The van der Waals surface area contributed by atoms with E-state index in [0.717, 1.165) is 29.6 Å². The summed E-state index contributed by atoms with van der Waals surface area (Å²) < 4.78 is 10.6. The van der Waals surface area contributed by atoms with Crippen molar-refractivity contribution in [1.82, 2.24) is 4.90 Å². The standard InChI is InChI=1S/C23H26N2O4/c1-4-12-25(16(2)23(27)24-18-8-6-5-7-9-18)15-17-13-22(26)29-21-14-19(28-3)10-11-20(17)21/h5-11,13-14,16H,4,12,15H2,1-3H3,(H,24,27). The molecule has 1 aromatic heterocycles. The molecule has 152 valence electrons. The summed E-state index contributed by atoms with van der Waals surface area (Å²) in [6, 6.07) is 15.9. The molecular weight excluding hydrogens is 368 g/mol. The highest BCUT2D eigenvalue weighted by atomic mass is 16.5. The molecule has 6 nitrogen and oxygen atoms in total. The van der Waals surface area contributed by atoms with Gasteiger partial charge in [0.15, 0.2) is 0 Å². The summed E-state index contributed by atoms with van der Waals surface area (Å²) in [6.45, 7) is 5.13. The summed E-state index contributed by atoms with van der Waals surface area (Å²) in [4.78, 5) is 26.9. The number of fused-ring (bicyclic) bond motifs is 1. The van der Waals surface area contributed by atoms with E-state index in [1.54, 1.807) is 13.2 Å². The smallest absolute Gasteiger partial charge is 0.336 e. The zero-order chi connectivity index (χ0) is 20.8. The van der Waals surface area contributed by atoms with Crippen LogP contribution in [0.5, 0.6) is 5.75 Å². The lowest BCUT2D eigenvalue weighted by molar-refractivity contribution is -0.121. The van der Waals surface area contributed by atoms with Gasteiger partial charge in [-0.1, -0.05) is 25.1 Å². The number of anilines is 1. The Morgan fingerprint density at radius 3 is 2.62 bits per heavy atom. The molecule has 0 aliphatic rings. The Hall–Kier alpha value is -3.12. The largest absolute Gasteiger partial charge is 0.497 e. The van der Waals surface area contributed by atoms with Gasteiger partial charge >= 0.3 is 5.63 Å². The summed E-state index contributed by atoms with van der Waals surface area (Å²) in [5, 5.41) is 3.79. The van der Waals surface area contributed by atoms with E-state index in [-0.39, 0.29) is 11.9 Å². The molecule has 1 unspecified atom stereocenters. The topological polar surface area (TPSA) is 71.8 Å². The minimum absolute atomic E-state index is 0.0846. The number of hydrogen-bond donors (Lipinski definition) is 1. The van der Waals surface area contributed by atoms with Crippen LogP contribution in [0, 0.1) is 0 Å². The average molecular weight is 394 g/mol. The van der Waals surface area contributed by atoms with Gasteiger partial charge in [-0.15, -0.1) is 0 Å². The van der Waals surface area contributed by atoms with E-state index < -0.39 is 5.63 Å². The lowest BCUT2D eigenvalue weighted by Crippen LogP contribution is -2.42. The van der Waals surface area contributed by atoms with Crippen molar-refractivity contribution < 1.29 is 13.9 Å². The van der Waals surface area contributed by atoms with E-state index in [1.807, 2.05) is 49.4 Å². The van der Waals surface area contributed by atoms with Crippen LogP contribution in [0.15, 0.2) is 63.8 Å². The van der Waals surface area contributed by atoms with E-state index >= 15 is 0 Å². The third kappa shape index (κ3) is 5.03. The van der Waals surface area contributed by atoms with Gasteiger partial charge < -0.3 is 14.5 Å². The molecule has 3 aromatic rings. The summed E-state index contributed by atoms with van der Waals surface area (Å²) in [5.41, 5.74) is 1.65. The highest BCUT2D eigenvalue weighted by Crippen LogP contribution is 2.24. The molecular formula is C23H26N2O4. The molecule has 29 heavy (non-hydrogen) atoms. The fourth-order valence-electron chi connectivity index (χ4n) is 3.32. The van der Waals surface area contributed by atoms with E-state index in [9.17, 15) is 9.59 Å². The molecule has 2 aromatic carbocycles. The molecule has 6 heteroatoms. The number of hydrogen-bond acceptors (Lipinski definition) is 5. The van der Waals surface area contributed by atoms with Crippen LogP contribution >= 0.6 is 0 Å². The Morgan fingerprint density at radius 1 is 1.17 bits per heavy atom. The number of para-hydroxylation sites is 1. The van der Waals surface area contributed by atoms with Crippen molar-refractivity contribution in [3.8, 4) is 5.75 Å². The predicted octanol–water partition coefficient (Wildman–Crippen LogP) is 4.04. The summed E-state index contributed by atoms with van der Waals surface area (Å²) in [7, 11) is 1.57. The van der Waals surface area contributed by atoms with Crippen LogP contribution in [-0.4, -0.2) is 30.5 Å². The predicted molar refractivity (Wildman–Crippen MR) is 114 cm³/mol. The van der Waals surface area contributed by atoms with Crippen LogP contribution in [0.4, 0.5) is 5.69 Å². The number of nitrogens with zero attached hydrogens (tertiary/aromatic N) is 1. The zero-order valence-corrected chi connectivity index (χ0v) is 17.0. The number of carbonyl (C=O) groups is 1. The molecule has 0 fully saturated rings. The first-order valence-corrected chi connectivity index (χ1v) is 9.72. The van der Waals surface area contributed by atoms with E-state index in [4.69, 9.17) is 9.15 Å². The SMILES string of the molecule is CCCN(Cc1cc(=O)oc2cc(OC)ccc12)C(C)C(=O)Nc1ccccc1. The second kappa shape index (κ2) is 9.39. The summed E-state index contributed by atoms with van der Waals surface area (Å²) >= 11 is 0. The fourth-order valence-corrected chi connectivity index (χ4v) is 3.32. The molecule has 0 bridgehead atoms. The van der Waals surface area contributed by atoms with Crippen molar-refractivity contribution in [2.75, 3.05) is 19.0 Å². The summed E-state index contributed by atoms with van der Waals surface area (Å²) in [6.07, 6.45) is 0.885. The molecule has 1 amide bonds. The quantitative estimate of drug-likeness (QED) is 0.584. The molecule has 0 saturated carbocycles. The second-order valence-electron chi connectivity index (χ2n) is 6.95. The van der Waals surface area contributed by atoms with Gasteiger partial charge in [0.1, 0.15) is 11.3 Å². The molecule has 1 heterocycles. The molecule has 0 saturated heterocycles. The van der Waals surface area contributed by atoms with Crippen LogP contribution in [0.3, 0.4) is 0 Å². The van der Waals surface area contributed by atoms with Crippen LogP contribution in [0.1, 0.15) is 25.8 Å². The first kappa shape index (κ1) is 20.6. The van der Waals surface area contributed by atoms with Gasteiger partial charge in [0.05, 0.1) is 13.2 Å². The van der Waals surface area contributed by atoms with Crippen LogP contribution in [-0.2, 0) is 11.3 Å². The van der Waals surface area contributed by atoms with Crippen LogP contribution in [0.25, 0.3) is 11.0 Å². The Morgan fingerprint density at radius 2 is 1.93 bits per heavy atom. The number of amides is 1. The van der Waals surface area contributed by atoms with Crippen molar-refractivity contribution in [2.45, 2.75) is 32.9 Å². The number of benzene rings is 2. The molecule has 1 N–H and O–H groups in total. The maximum absolute atomic E-state index is 12.8. The Balaban J connectivity index is 1.86. The van der Waals surface area contributed by atoms with Gasteiger partial charge in [0.2, 0.25) is 5.91 Å². The zero-order valence-electron chi connectivity index (χ0n) is 17.0. The number of nitrogens with one attached hydrogen (secondary N) is 1. The van der Waals surface area contributed by atoms with E-state index in [0.29, 0.717) is 17.9 Å². The highest BCUT2D eigenvalue weighted by Gasteiger charge is 2.22. The van der Waals surface area contributed by atoms with Gasteiger partial charge in [0.25, 0.3) is 0 Å². The average Bonchev–Trinajstić information content (AvgIpc) is 2.72. The lowest BCUT2D eigenvalue weighted by atomic mass is 10.1. The van der Waals surface area contributed by atoms with Crippen LogP contribution in [0.2, 0.25) is 0 Å². The highest BCUT2D eigenvalue weighted by molar-refractivity contribution is 5.94. The van der Waals surface area contributed by atoms with Crippen molar-refractivity contribution in [2.24, 2.45) is 0 Å². The second-order valence-corrected chi connectivity index (χ2v) is 6.95. The van der Waals surface area contributed by atoms with Crippen molar-refractivity contribution in [3.05, 3.63) is 70.6 Å². The molecule has 0 aliphatic heterocycles. The maximum Gasteiger partial charge on any atom is 0.336 e. The molecule has 0 spiro atoms. The van der Waals surface area contributed by atoms with Gasteiger partial charge in [-0.2, -0.15) is 0 Å². The minimum atomic E-state index is -0.418. The molecule has 3 rings (SSSR count). The van der Waals surface area contributed by atoms with Crippen LogP contribution < -0.4 is 15.7 Å². The first-order chi connectivity index (χ1) is 14.0. The third-order valence-electron chi connectivity index (χ3n) is 4.89. The number of carbonyl (C=O) groups excluding carboxylic acids is 1. The van der Waals surface area contributed by atoms with E-state index in [1.165, 1.54) is 6.07 Å². The number of rotatable bonds is 8. The molecule has 0 aliphatic carbocycles. The van der Waals surface area contributed by atoms with Crippen molar-refractivity contribution in [3.63, 3.8) is 0 Å². The Kier molecular flexibility index (Phi) is 6.67. The monoisotopic (exact) mass is 394 g/mol. The minimum Gasteiger partial charge on any atom is -0.497 e. The van der Waals surface area contributed by atoms with Gasteiger partial charge in [-0.25, -0.2) is 4.79 Å². The Labute approximate surface area is 170 Å².